The van der Waals surface area contributed by atoms with E-state index in [-0.39, 0.29) is 5.82 Å². The maximum Gasteiger partial charge on any atom is 0.124 e. The first-order valence-electron chi connectivity index (χ1n) is 5.66. The van der Waals surface area contributed by atoms with Gasteiger partial charge in [0.2, 0.25) is 0 Å². The third-order valence-electron chi connectivity index (χ3n) is 2.50. The van der Waals surface area contributed by atoms with E-state index in [2.05, 4.69) is 26.1 Å². The molecule has 0 saturated heterocycles. The van der Waals surface area contributed by atoms with Gasteiger partial charge >= 0.3 is 0 Å². The van der Waals surface area contributed by atoms with Crippen molar-refractivity contribution in [3.63, 3.8) is 0 Å². The Labute approximate surface area is 102 Å². The van der Waals surface area contributed by atoms with E-state index in [4.69, 9.17) is 11.6 Å². The van der Waals surface area contributed by atoms with Crippen LogP contribution in [0, 0.1) is 11.7 Å². The lowest BCUT2D eigenvalue weighted by atomic mass is 10.0. The van der Waals surface area contributed by atoms with Crippen LogP contribution in [0.5, 0.6) is 0 Å². The molecule has 1 aromatic carbocycles. The van der Waals surface area contributed by atoms with Gasteiger partial charge in [0.25, 0.3) is 0 Å². The summed E-state index contributed by atoms with van der Waals surface area (Å²) in [5.74, 6) is 0.652. The van der Waals surface area contributed by atoms with E-state index in [1.807, 2.05) is 0 Å². The van der Waals surface area contributed by atoms with Crippen LogP contribution < -0.4 is 5.32 Å². The second-order valence-electron chi connectivity index (χ2n) is 4.62. The highest BCUT2D eigenvalue weighted by atomic mass is 35.5. The molecular formula is C13H19ClFN. The maximum atomic E-state index is 12.9. The van der Waals surface area contributed by atoms with Crippen molar-refractivity contribution in [3.05, 3.63) is 34.6 Å². The standard InChI is InChI=1S/C13H19ClFN/c1-9(2)7-16-8-10(3)12-5-4-11(15)6-13(12)14/h4-6,9-10,16H,7-8H2,1-3H3. The van der Waals surface area contributed by atoms with Gasteiger partial charge in [-0.1, -0.05) is 38.4 Å². The summed E-state index contributed by atoms with van der Waals surface area (Å²) in [5.41, 5.74) is 0.999. The van der Waals surface area contributed by atoms with Crippen LogP contribution >= 0.6 is 11.6 Å². The first-order chi connectivity index (χ1) is 7.50. The van der Waals surface area contributed by atoms with Gasteiger partial charge in [0, 0.05) is 11.6 Å². The van der Waals surface area contributed by atoms with Gasteiger partial charge in [-0.25, -0.2) is 4.39 Å². The molecule has 1 N–H and O–H groups in total. The molecule has 1 unspecified atom stereocenters. The van der Waals surface area contributed by atoms with Crippen molar-refractivity contribution in [2.45, 2.75) is 26.7 Å². The molecule has 1 rings (SSSR count). The molecule has 0 spiro atoms. The fraction of sp³-hybridized carbons (Fsp3) is 0.538. The molecule has 1 atom stereocenters. The molecule has 0 fully saturated rings. The van der Waals surface area contributed by atoms with Crippen LogP contribution in [0.25, 0.3) is 0 Å². The van der Waals surface area contributed by atoms with Crippen LogP contribution in [-0.4, -0.2) is 13.1 Å². The Kier molecular flexibility index (Phi) is 5.23. The summed E-state index contributed by atoms with van der Waals surface area (Å²) < 4.78 is 12.9. The van der Waals surface area contributed by atoms with E-state index in [1.165, 1.54) is 12.1 Å². The number of hydrogen-bond donors (Lipinski definition) is 1. The summed E-state index contributed by atoms with van der Waals surface area (Å²) >= 11 is 6.00. The molecule has 16 heavy (non-hydrogen) atoms. The Morgan fingerprint density at radius 3 is 2.50 bits per heavy atom. The van der Waals surface area contributed by atoms with Gasteiger partial charge in [0.15, 0.2) is 0 Å². The van der Waals surface area contributed by atoms with Crippen LogP contribution in [0.1, 0.15) is 32.3 Å². The smallest absolute Gasteiger partial charge is 0.124 e. The largest absolute Gasteiger partial charge is 0.316 e. The molecule has 0 aliphatic rings. The maximum absolute atomic E-state index is 12.9. The second-order valence-corrected chi connectivity index (χ2v) is 5.03. The van der Waals surface area contributed by atoms with Crippen LogP contribution in [-0.2, 0) is 0 Å². The number of halogens is 2. The molecule has 0 amide bonds. The monoisotopic (exact) mass is 243 g/mol. The summed E-state index contributed by atoms with van der Waals surface area (Å²) in [6.45, 7) is 8.28. The van der Waals surface area contributed by atoms with Gasteiger partial charge in [-0.05, 0) is 36.1 Å². The van der Waals surface area contributed by atoms with Crippen molar-refractivity contribution >= 4 is 11.6 Å². The lowest BCUT2D eigenvalue weighted by Gasteiger charge is -2.15. The fourth-order valence-corrected chi connectivity index (χ4v) is 1.95. The highest BCUT2D eigenvalue weighted by molar-refractivity contribution is 6.31. The number of benzene rings is 1. The minimum absolute atomic E-state index is 0.281. The van der Waals surface area contributed by atoms with Gasteiger partial charge < -0.3 is 5.32 Å². The molecule has 3 heteroatoms. The van der Waals surface area contributed by atoms with Crippen LogP contribution in [0.4, 0.5) is 4.39 Å². The summed E-state index contributed by atoms with van der Waals surface area (Å²) in [6, 6.07) is 4.59. The first-order valence-corrected chi connectivity index (χ1v) is 6.04. The van der Waals surface area contributed by atoms with E-state index in [9.17, 15) is 4.39 Å². The fourth-order valence-electron chi connectivity index (χ4n) is 1.60. The summed E-state index contributed by atoms with van der Waals surface area (Å²) in [6.07, 6.45) is 0. The van der Waals surface area contributed by atoms with E-state index in [1.54, 1.807) is 6.07 Å². The molecule has 1 nitrogen and oxygen atoms in total. The van der Waals surface area contributed by atoms with E-state index in [0.717, 1.165) is 18.7 Å². The number of rotatable bonds is 5. The SMILES string of the molecule is CC(C)CNCC(C)c1ccc(F)cc1Cl. The van der Waals surface area contributed by atoms with Crippen molar-refractivity contribution in [1.29, 1.82) is 0 Å². The molecular weight excluding hydrogens is 225 g/mol. The summed E-state index contributed by atoms with van der Waals surface area (Å²) in [4.78, 5) is 0. The van der Waals surface area contributed by atoms with Crippen molar-refractivity contribution < 1.29 is 4.39 Å². The second kappa shape index (κ2) is 6.21. The zero-order chi connectivity index (χ0) is 12.1. The van der Waals surface area contributed by atoms with Gasteiger partial charge in [-0.2, -0.15) is 0 Å². The lowest BCUT2D eigenvalue weighted by molar-refractivity contribution is 0.528. The van der Waals surface area contributed by atoms with E-state index < -0.39 is 0 Å². The van der Waals surface area contributed by atoms with Crippen LogP contribution in [0.2, 0.25) is 5.02 Å². The predicted octanol–water partition coefficient (Wildman–Crippen LogP) is 3.83. The van der Waals surface area contributed by atoms with Gasteiger partial charge in [0.1, 0.15) is 5.82 Å². The topological polar surface area (TPSA) is 12.0 Å². The Morgan fingerprint density at radius 2 is 1.94 bits per heavy atom. The molecule has 0 aromatic heterocycles. The zero-order valence-corrected chi connectivity index (χ0v) is 10.8. The van der Waals surface area contributed by atoms with Crippen LogP contribution in [0.15, 0.2) is 18.2 Å². The van der Waals surface area contributed by atoms with Crippen molar-refractivity contribution in [2.24, 2.45) is 5.92 Å². The first kappa shape index (κ1) is 13.5. The Bertz CT molecular complexity index is 339. The average molecular weight is 244 g/mol. The quantitative estimate of drug-likeness (QED) is 0.829. The van der Waals surface area contributed by atoms with E-state index >= 15 is 0 Å². The molecule has 0 aliphatic heterocycles. The summed E-state index contributed by atoms with van der Waals surface area (Å²) in [5, 5.41) is 3.89. The molecule has 0 aliphatic carbocycles. The molecule has 0 bridgehead atoms. The summed E-state index contributed by atoms with van der Waals surface area (Å²) in [7, 11) is 0. The minimum atomic E-state index is -0.281. The molecule has 1 aromatic rings. The zero-order valence-electron chi connectivity index (χ0n) is 10.1. The van der Waals surface area contributed by atoms with Gasteiger partial charge in [-0.3, -0.25) is 0 Å². The predicted molar refractivity (Wildman–Crippen MR) is 67.5 cm³/mol. The Morgan fingerprint density at radius 1 is 1.25 bits per heavy atom. The highest BCUT2D eigenvalue weighted by Crippen LogP contribution is 2.24. The third-order valence-corrected chi connectivity index (χ3v) is 2.82. The van der Waals surface area contributed by atoms with Gasteiger partial charge in [0.05, 0.1) is 0 Å². The average Bonchev–Trinajstić information content (AvgIpc) is 2.16. The van der Waals surface area contributed by atoms with E-state index in [0.29, 0.717) is 16.9 Å². The Hall–Kier alpha value is -0.600. The van der Waals surface area contributed by atoms with Crippen molar-refractivity contribution in [3.8, 4) is 0 Å². The highest BCUT2D eigenvalue weighted by Gasteiger charge is 2.10. The van der Waals surface area contributed by atoms with Crippen molar-refractivity contribution in [2.75, 3.05) is 13.1 Å². The molecule has 0 radical (unpaired) electrons. The molecule has 0 heterocycles. The number of hydrogen-bond acceptors (Lipinski definition) is 1. The minimum Gasteiger partial charge on any atom is -0.316 e. The molecule has 90 valence electrons. The Balaban J connectivity index is 2.55. The number of nitrogens with one attached hydrogen (secondary N) is 1. The normalized spacial score (nSPS) is 13.1. The van der Waals surface area contributed by atoms with Gasteiger partial charge in [-0.15, -0.1) is 0 Å². The molecule has 0 saturated carbocycles. The lowest BCUT2D eigenvalue weighted by Crippen LogP contribution is -2.24. The third kappa shape index (κ3) is 4.11. The van der Waals surface area contributed by atoms with Crippen LogP contribution in [0.3, 0.4) is 0 Å². The van der Waals surface area contributed by atoms with Crippen molar-refractivity contribution in [1.82, 2.24) is 5.32 Å².